The number of nitrogens with zero attached hydrogens (tertiary/aromatic N) is 1. The van der Waals surface area contributed by atoms with Crippen molar-refractivity contribution in [3.8, 4) is 39.1 Å². The summed E-state index contributed by atoms with van der Waals surface area (Å²) >= 11 is 0. The first kappa shape index (κ1) is 36.7. The van der Waals surface area contributed by atoms with Gasteiger partial charge >= 0.3 is 0 Å². The van der Waals surface area contributed by atoms with E-state index in [0.717, 1.165) is 11.4 Å². The van der Waals surface area contributed by atoms with Crippen LogP contribution in [-0.4, -0.2) is 11.8 Å². The van der Waals surface area contributed by atoms with Crippen molar-refractivity contribution in [3.05, 3.63) is 174 Å². The maximum atomic E-state index is 3.94. The molecule has 1 aromatic heterocycles. The SMILES string of the molecule is CC(C)(C)c1ccc2c(c1)c1cc(C(C)(C)C)cc3c1n2-c1c(c(-c2cc4ccccc4cc2Nc2ccc(-c4ccccc4)cc2)cc2c1C(C)(C)c1ccccc1-2)[B]3. The number of benzene rings is 8. The topological polar surface area (TPSA) is 17.0 Å². The third-order valence-corrected chi connectivity index (χ3v) is 13.4. The molecule has 0 saturated carbocycles. The van der Waals surface area contributed by atoms with Crippen LogP contribution in [0.25, 0.3) is 71.6 Å². The Morgan fingerprint density at radius 3 is 1.92 bits per heavy atom. The zero-order chi connectivity index (χ0) is 41.3. The third-order valence-electron chi connectivity index (χ3n) is 13.4. The lowest BCUT2D eigenvalue weighted by molar-refractivity contribution is 0.590. The summed E-state index contributed by atoms with van der Waals surface area (Å²) in [5.74, 6) is 0. The van der Waals surface area contributed by atoms with Gasteiger partial charge in [-0.25, -0.2) is 0 Å². The maximum absolute atomic E-state index is 3.94. The first-order valence-electron chi connectivity index (χ1n) is 21.5. The van der Waals surface area contributed by atoms with Crippen LogP contribution in [0.2, 0.25) is 0 Å². The largest absolute Gasteiger partial charge is 0.355 e. The average Bonchev–Trinajstić information content (AvgIpc) is 3.69. The van der Waals surface area contributed by atoms with Crippen LogP contribution < -0.4 is 16.2 Å². The van der Waals surface area contributed by atoms with E-state index in [0.29, 0.717) is 0 Å². The zero-order valence-electron chi connectivity index (χ0n) is 36.0. The summed E-state index contributed by atoms with van der Waals surface area (Å²) in [5, 5.41) is 9.04. The van der Waals surface area contributed by atoms with Gasteiger partial charge in [0.15, 0.2) is 7.28 Å². The molecular weight excluding hydrogens is 723 g/mol. The van der Waals surface area contributed by atoms with E-state index < -0.39 is 0 Å². The Labute approximate surface area is 355 Å². The fourth-order valence-corrected chi connectivity index (χ4v) is 10.2. The smallest absolute Gasteiger partial charge is 0.197 e. The Hall–Kier alpha value is -6.32. The van der Waals surface area contributed by atoms with Gasteiger partial charge in [-0.3, -0.25) is 0 Å². The number of rotatable bonds is 4. The molecule has 0 atom stereocenters. The summed E-state index contributed by atoms with van der Waals surface area (Å²) in [7, 11) is 2.53. The minimum Gasteiger partial charge on any atom is -0.355 e. The molecule has 0 amide bonds. The van der Waals surface area contributed by atoms with Crippen molar-refractivity contribution in [2.75, 3.05) is 5.32 Å². The van der Waals surface area contributed by atoms with Crippen molar-refractivity contribution in [1.82, 2.24) is 4.57 Å². The molecule has 11 rings (SSSR count). The molecule has 8 aromatic carbocycles. The highest BCUT2D eigenvalue weighted by Gasteiger charge is 2.42. The molecule has 2 heterocycles. The van der Waals surface area contributed by atoms with Gasteiger partial charge in [-0.2, -0.15) is 0 Å². The maximum Gasteiger partial charge on any atom is 0.197 e. The molecule has 9 aromatic rings. The van der Waals surface area contributed by atoms with Gasteiger partial charge in [0.1, 0.15) is 0 Å². The van der Waals surface area contributed by atoms with E-state index in [2.05, 4.69) is 224 Å². The molecule has 1 N–H and O–H groups in total. The predicted octanol–water partition coefficient (Wildman–Crippen LogP) is 13.9. The van der Waals surface area contributed by atoms with E-state index in [1.54, 1.807) is 0 Å². The molecule has 2 aliphatic rings. The van der Waals surface area contributed by atoms with Gasteiger partial charge < -0.3 is 9.88 Å². The zero-order valence-corrected chi connectivity index (χ0v) is 36.0. The quantitative estimate of drug-likeness (QED) is 0.176. The van der Waals surface area contributed by atoms with Crippen LogP contribution in [0.3, 0.4) is 0 Å². The fourth-order valence-electron chi connectivity index (χ4n) is 10.2. The predicted molar refractivity (Wildman–Crippen MR) is 259 cm³/mol. The second kappa shape index (κ2) is 12.8. The average molecular weight is 774 g/mol. The highest BCUT2D eigenvalue weighted by Crippen LogP contribution is 2.54. The summed E-state index contributed by atoms with van der Waals surface area (Å²) in [6.45, 7) is 18.9. The van der Waals surface area contributed by atoms with Gasteiger partial charge in [-0.1, -0.05) is 164 Å². The second-order valence-electron chi connectivity index (χ2n) is 19.8. The molecule has 0 unspecified atom stereocenters. The molecule has 1 aliphatic carbocycles. The Balaban J connectivity index is 1.23. The van der Waals surface area contributed by atoms with Crippen LogP contribution in [0.15, 0.2) is 152 Å². The van der Waals surface area contributed by atoms with E-state index in [9.17, 15) is 0 Å². The van der Waals surface area contributed by atoms with Gasteiger partial charge in [-0.15, -0.1) is 0 Å². The van der Waals surface area contributed by atoms with Gasteiger partial charge in [0, 0.05) is 44.3 Å². The summed E-state index contributed by atoms with van der Waals surface area (Å²) < 4.78 is 2.65. The van der Waals surface area contributed by atoms with Crippen molar-refractivity contribution in [3.63, 3.8) is 0 Å². The van der Waals surface area contributed by atoms with Crippen molar-refractivity contribution >= 4 is 62.2 Å². The summed E-state index contributed by atoms with van der Waals surface area (Å²) in [4.78, 5) is 0. The Morgan fingerprint density at radius 1 is 0.533 bits per heavy atom. The Bertz CT molecular complexity index is 3220. The first-order valence-corrected chi connectivity index (χ1v) is 21.5. The first-order chi connectivity index (χ1) is 28.8. The van der Waals surface area contributed by atoms with Crippen molar-refractivity contribution in [1.29, 1.82) is 0 Å². The molecule has 1 radical (unpaired) electrons. The van der Waals surface area contributed by atoms with Gasteiger partial charge in [0.2, 0.25) is 0 Å². The highest BCUT2D eigenvalue weighted by molar-refractivity contribution is 6.73. The summed E-state index contributed by atoms with van der Waals surface area (Å²) in [6, 6.07) is 56.8. The van der Waals surface area contributed by atoms with Crippen molar-refractivity contribution in [2.45, 2.75) is 71.6 Å². The molecule has 2 nitrogen and oxygen atoms in total. The normalized spacial score (nSPS) is 13.9. The van der Waals surface area contributed by atoms with E-state index >= 15 is 0 Å². The van der Waals surface area contributed by atoms with Gasteiger partial charge in [0.25, 0.3) is 0 Å². The molecular formula is C57H50BN2. The number of anilines is 2. The fraction of sp³-hybridized carbons (Fsp3) is 0.193. The van der Waals surface area contributed by atoms with Crippen LogP contribution in [0, 0.1) is 0 Å². The summed E-state index contributed by atoms with van der Waals surface area (Å²) in [6.07, 6.45) is 0. The number of aromatic nitrogens is 1. The van der Waals surface area contributed by atoms with E-state index in [1.165, 1.54) is 105 Å². The number of fused-ring (bicyclic) bond motifs is 10. The minimum atomic E-state index is -0.218. The summed E-state index contributed by atoms with van der Waals surface area (Å²) in [5.41, 5.74) is 21.3. The lowest BCUT2D eigenvalue weighted by atomic mass is 9.57. The van der Waals surface area contributed by atoms with Gasteiger partial charge in [-0.05, 0) is 126 Å². The molecule has 1 aliphatic heterocycles. The lowest BCUT2D eigenvalue weighted by Gasteiger charge is -2.32. The number of hydrogen-bond acceptors (Lipinski definition) is 1. The van der Waals surface area contributed by atoms with Crippen LogP contribution in [0.4, 0.5) is 11.4 Å². The van der Waals surface area contributed by atoms with Crippen LogP contribution in [-0.2, 0) is 16.2 Å². The molecule has 0 bridgehead atoms. The van der Waals surface area contributed by atoms with Crippen molar-refractivity contribution < 1.29 is 0 Å². The third kappa shape index (κ3) is 5.55. The molecule has 0 fully saturated rings. The van der Waals surface area contributed by atoms with Gasteiger partial charge in [0.05, 0.1) is 5.52 Å². The monoisotopic (exact) mass is 773 g/mol. The number of nitrogens with one attached hydrogen (secondary N) is 1. The minimum absolute atomic E-state index is 0.0231. The molecule has 60 heavy (non-hydrogen) atoms. The molecule has 291 valence electrons. The molecule has 0 spiro atoms. The molecule has 3 heteroatoms. The van der Waals surface area contributed by atoms with Crippen LogP contribution in [0.5, 0.6) is 0 Å². The Kier molecular flexibility index (Phi) is 7.86. The lowest BCUT2D eigenvalue weighted by Crippen LogP contribution is -2.40. The Morgan fingerprint density at radius 2 is 1.18 bits per heavy atom. The standard InChI is InChI=1S/C57H50BN2/c1-55(2,3)38-24-27-50-43(30-38)46-31-39(56(4,5)6)32-48-53(46)60(50)54-51-44(41-20-14-15-21-47(41)57(51,7)8)33-45(52(54)58-48)42-28-36-18-12-13-19-37(36)29-49(42)59-40-25-22-35(23-26-40)34-16-10-9-11-17-34/h9-33,59H,1-8H3. The van der Waals surface area contributed by atoms with E-state index in [4.69, 9.17) is 0 Å². The second-order valence-corrected chi connectivity index (χ2v) is 19.8. The van der Waals surface area contributed by atoms with E-state index in [1.807, 2.05) is 0 Å². The van der Waals surface area contributed by atoms with E-state index in [-0.39, 0.29) is 16.2 Å². The van der Waals surface area contributed by atoms with Crippen molar-refractivity contribution in [2.24, 2.45) is 0 Å². The molecule has 0 saturated heterocycles. The highest BCUT2D eigenvalue weighted by atomic mass is 15.0. The number of hydrogen-bond donors (Lipinski definition) is 1. The van der Waals surface area contributed by atoms with Crippen LogP contribution >= 0.6 is 0 Å². The van der Waals surface area contributed by atoms with Crippen LogP contribution in [0.1, 0.15) is 77.6 Å².